The van der Waals surface area contributed by atoms with E-state index in [1.807, 2.05) is 0 Å². The Morgan fingerprint density at radius 1 is 1.44 bits per heavy atom. The summed E-state index contributed by atoms with van der Waals surface area (Å²) in [4.78, 5) is 26.7. The number of nitrogens with zero attached hydrogens (tertiary/aromatic N) is 2. The van der Waals surface area contributed by atoms with Crippen molar-refractivity contribution in [2.75, 3.05) is 0 Å². The second-order valence-electron chi connectivity index (χ2n) is 1.40. The van der Waals surface area contributed by atoms with Crippen LogP contribution in [0.2, 0.25) is 0 Å². The Hall–Kier alpha value is -1.52. The Kier molecular flexibility index (Phi) is 1.11. The largest absolute Gasteiger partial charge is 0.380 e. The molecule has 0 bridgehead atoms. The van der Waals surface area contributed by atoms with Crippen molar-refractivity contribution in [1.82, 2.24) is 0 Å². The lowest BCUT2D eigenvalue weighted by atomic mass is 10.4. The minimum absolute atomic E-state index is 0.296. The summed E-state index contributed by atoms with van der Waals surface area (Å²) in [5, 5.41) is 0. The maximum Gasteiger partial charge on any atom is 0.369 e. The van der Waals surface area contributed by atoms with E-state index >= 15 is 0 Å². The smallest absolute Gasteiger partial charge is 0.369 e. The summed E-state index contributed by atoms with van der Waals surface area (Å²) < 4.78 is 0. The molecule has 1 rings (SSSR count). The number of aliphatic imine (C=N–C) groups is 2. The number of rotatable bonds is 0. The molecular weight excluding hydrogens is 122 g/mol. The van der Waals surface area contributed by atoms with Gasteiger partial charge in [0.25, 0.3) is 0 Å². The highest BCUT2D eigenvalue weighted by molar-refractivity contribution is 6.61. The number of ketones is 1. The van der Waals surface area contributed by atoms with Crippen molar-refractivity contribution in [2.45, 2.75) is 0 Å². The van der Waals surface area contributed by atoms with Crippen LogP contribution in [0.1, 0.15) is 0 Å². The van der Waals surface area contributed by atoms with E-state index in [9.17, 15) is 9.59 Å². The van der Waals surface area contributed by atoms with Crippen LogP contribution in [0.3, 0.4) is 0 Å². The van der Waals surface area contributed by atoms with Gasteiger partial charge in [-0.05, 0) is 0 Å². The van der Waals surface area contributed by atoms with Gasteiger partial charge in [-0.1, -0.05) is 0 Å². The molecule has 1 aliphatic heterocycles. The predicted molar refractivity (Wildman–Crippen MR) is 30.5 cm³/mol. The molecule has 5 nitrogen and oxygen atoms in total. The van der Waals surface area contributed by atoms with Gasteiger partial charge in [-0.3, -0.25) is 4.79 Å². The van der Waals surface area contributed by atoms with E-state index in [2.05, 4.69) is 9.98 Å². The van der Waals surface area contributed by atoms with Crippen molar-refractivity contribution < 1.29 is 9.59 Å². The standard InChI is InChI=1S/C4H3N3O2/c5-3-2(8)1-6-4(9)7-3/h1H,(H2,5,7,9). The molecule has 9 heavy (non-hydrogen) atoms. The van der Waals surface area contributed by atoms with Crippen molar-refractivity contribution in [3.8, 4) is 0 Å². The van der Waals surface area contributed by atoms with Crippen molar-refractivity contribution in [3.63, 3.8) is 0 Å². The molecule has 0 saturated carbocycles. The average molecular weight is 125 g/mol. The van der Waals surface area contributed by atoms with Gasteiger partial charge in [0.15, 0.2) is 5.84 Å². The Labute approximate surface area is 50.3 Å². The van der Waals surface area contributed by atoms with Gasteiger partial charge in [-0.2, -0.15) is 9.98 Å². The molecule has 0 aliphatic carbocycles. The lowest BCUT2D eigenvalue weighted by molar-refractivity contribution is -0.107. The minimum atomic E-state index is -0.730. The van der Waals surface area contributed by atoms with Gasteiger partial charge in [0, 0.05) is 0 Å². The zero-order chi connectivity index (χ0) is 6.85. The number of nitrogens with two attached hydrogens (primary N) is 1. The molecule has 1 heterocycles. The molecule has 0 aromatic rings. The summed E-state index contributed by atoms with van der Waals surface area (Å²) in [5.41, 5.74) is 4.96. The highest BCUT2D eigenvalue weighted by Gasteiger charge is 2.11. The summed E-state index contributed by atoms with van der Waals surface area (Å²) in [6.07, 6.45) is 0.852. The van der Waals surface area contributed by atoms with Crippen molar-refractivity contribution in [3.05, 3.63) is 0 Å². The number of hydrogen-bond acceptors (Lipinski definition) is 3. The van der Waals surface area contributed by atoms with Crippen LogP contribution in [0.15, 0.2) is 9.98 Å². The quantitative estimate of drug-likeness (QED) is 0.456. The van der Waals surface area contributed by atoms with Gasteiger partial charge in [0.1, 0.15) is 0 Å². The van der Waals surface area contributed by atoms with Gasteiger partial charge in [-0.15, -0.1) is 0 Å². The van der Waals surface area contributed by atoms with Gasteiger partial charge >= 0.3 is 6.03 Å². The first-order valence-corrected chi connectivity index (χ1v) is 2.16. The Morgan fingerprint density at radius 3 is 2.56 bits per heavy atom. The SMILES string of the molecule is NC1=NC(=O)N=CC1=O. The number of amidine groups is 1. The predicted octanol–water partition coefficient (Wildman–Crippen LogP) is -0.883. The molecule has 2 amide bonds. The maximum atomic E-state index is 10.4. The molecule has 46 valence electrons. The van der Waals surface area contributed by atoms with E-state index in [4.69, 9.17) is 5.73 Å². The number of carbonyl (C=O) groups excluding carboxylic acids is 2. The molecule has 0 aromatic heterocycles. The van der Waals surface area contributed by atoms with Crippen LogP contribution >= 0.6 is 0 Å². The number of urea groups is 1. The fourth-order valence-corrected chi connectivity index (χ4v) is 0.367. The minimum Gasteiger partial charge on any atom is -0.380 e. The van der Waals surface area contributed by atoms with E-state index in [1.165, 1.54) is 0 Å². The van der Waals surface area contributed by atoms with Crippen LogP contribution in [-0.2, 0) is 4.79 Å². The Balaban J connectivity index is 2.95. The molecule has 0 atom stereocenters. The lowest BCUT2D eigenvalue weighted by Crippen LogP contribution is -2.28. The fraction of sp³-hybridized carbons (Fsp3) is 0. The van der Waals surface area contributed by atoms with E-state index in [1.54, 1.807) is 0 Å². The first kappa shape index (κ1) is 5.61. The molecule has 1 aliphatic rings. The first-order chi connectivity index (χ1) is 4.20. The van der Waals surface area contributed by atoms with Gasteiger partial charge in [-0.25, -0.2) is 4.79 Å². The van der Waals surface area contributed by atoms with Crippen LogP contribution in [0.25, 0.3) is 0 Å². The zero-order valence-electron chi connectivity index (χ0n) is 4.37. The van der Waals surface area contributed by atoms with Crippen LogP contribution in [0, 0.1) is 0 Å². The average Bonchev–Trinajstić information content (AvgIpc) is 1.80. The molecule has 0 aromatic carbocycles. The summed E-state index contributed by atoms with van der Waals surface area (Å²) >= 11 is 0. The second-order valence-corrected chi connectivity index (χ2v) is 1.40. The van der Waals surface area contributed by atoms with E-state index < -0.39 is 11.8 Å². The monoisotopic (exact) mass is 125 g/mol. The fourth-order valence-electron chi connectivity index (χ4n) is 0.367. The third-order valence-corrected chi connectivity index (χ3v) is 0.761. The number of hydrogen-bond donors (Lipinski definition) is 1. The Bertz CT molecular complexity index is 228. The van der Waals surface area contributed by atoms with E-state index in [0.717, 1.165) is 6.21 Å². The molecule has 5 heteroatoms. The Morgan fingerprint density at radius 2 is 2.11 bits per heavy atom. The summed E-state index contributed by atoms with van der Waals surface area (Å²) in [7, 11) is 0. The number of carbonyl (C=O) groups is 2. The van der Waals surface area contributed by atoms with E-state index in [-0.39, 0.29) is 5.84 Å². The van der Waals surface area contributed by atoms with Crippen LogP contribution in [-0.4, -0.2) is 23.9 Å². The van der Waals surface area contributed by atoms with Crippen LogP contribution in [0.4, 0.5) is 4.79 Å². The maximum absolute atomic E-state index is 10.4. The lowest BCUT2D eigenvalue weighted by Gasteiger charge is -1.94. The van der Waals surface area contributed by atoms with E-state index in [0.29, 0.717) is 0 Å². The number of Topliss-reactive ketones (excluding diaryl/α,β-unsaturated/α-hetero) is 1. The van der Waals surface area contributed by atoms with Crippen molar-refractivity contribution in [2.24, 2.45) is 15.7 Å². The van der Waals surface area contributed by atoms with Crippen molar-refractivity contribution >= 4 is 23.9 Å². The summed E-state index contributed by atoms with van der Waals surface area (Å²) in [6, 6.07) is -0.730. The third-order valence-electron chi connectivity index (χ3n) is 0.761. The highest BCUT2D eigenvalue weighted by atomic mass is 16.2. The van der Waals surface area contributed by atoms with Gasteiger partial charge in [0.05, 0.1) is 6.21 Å². The molecule has 0 unspecified atom stereocenters. The topological polar surface area (TPSA) is 84.9 Å². The molecule has 0 saturated heterocycles. The molecule has 0 fully saturated rings. The first-order valence-electron chi connectivity index (χ1n) is 2.16. The second kappa shape index (κ2) is 1.77. The molecule has 0 spiro atoms. The van der Waals surface area contributed by atoms with Crippen LogP contribution in [0.5, 0.6) is 0 Å². The molecular formula is C4H3N3O2. The van der Waals surface area contributed by atoms with Crippen molar-refractivity contribution in [1.29, 1.82) is 0 Å². The van der Waals surface area contributed by atoms with Gasteiger partial charge in [0.2, 0.25) is 5.78 Å². The highest BCUT2D eigenvalue weighted by Crippen LogP contribution is 1.87. The van der Waals surface area contributed by atoms with Gasteiger partial charge < -0.3 is 5.73 Å². The zero-order valence-corrected chi connectivity index (χ0v) is 4.37. The van der Waals surface area contributed by atoms with Crippen LogP contribution < -0.4 is 5.73 Å². The number of amides is 2. The normalized spacial score (nSPS) is 18.0. The molecule has 0 radical (unpaired) electrons. The summed E-state index contributed by atoms with van der Waals surface area (Å²) in [6.45, 7) is 0. The molecule has 2 N–H and O–H groups in total. The third kappa shape index (κ3) is 0.987. The summed E-state index contributed by atoms with van der Waals surface area (Å²) in [5.74, 6) is -0.815.